The van der Waals surface area contributed by atoms with Gasteiger partial charge in [0.15, 0.2) is 0 Å². The minimum atomic E-state index is -0.193. The maximum Gasteiger partial charge on any atom is 0.0469 e. The van der Waals surface area contributed by atoms with E-state index in [1.807, 2.05) is 27.7 Å². The first-order chi connectivity index (χ1) is 5.28. The van der Waals surface area contributed by atoms with Crippen molar-refractivity contribution in [1.82, 2.24) is 5.06 Å². The Morgan fingerprint density at radius 1 is 1.25 bits per heavy atom. The van der Waals surface area contributed by atoms with E-state index >= 15 is 0 Å². The molecule has 0 aromatic carbocycles. The lowest BCUT2D eigenvalue weighted by molar-refractivity contribution is -0.299. The second-order valence-corrected chi connectivity index (χ2v) is 5.20. The summed E-state index contributed by atoms with van der Waals surface area (Å²) in [7, 11) is 0. The van der Waals surface area contributed by atoms with Gasteiger partial charge in [0, 0.05) is 11.1 Å². The Kier molecular flexibility index (Phi) is 2.26. The van der Waals surface area contributed by atoms with Crippen LogP contribution in [0.1, 0.15) is 47.5 Å². The fraction of sp³-hybridized carbons (Fsp3) is 1.00. The van der Waals surface area contributed by atoms with Crippen molar-refractivity contribution in [2.45, 2.75) is 58.5 Å². The van der Waals surface area contributed by atoms with Crippen LogP contribution in [-0.2, 0) is 5.21 Å². The Morgan fingerprint density at radius 2 is 1.75 bits per heavy atom. The molecule has 0 aromatic heterocycles. The Hall–Kier alpha value is -0.0800. The molecule has 2 nitrogen and oxygen atoms in total. The Balaban J connectivity index is 2.86. The summed E-state index contributed by atoms with van der Waals surface area (Å²) >= 11 is 0. The predicted molar refractivity (Wildman–Crippen MR) is 49.1 cm³/mol. The number of rotatable bonds is 0. The normalized spacial score (nSPS) is 35.0. The third-order valence-electron chi connectivity index (χ3n) is 3.47. The summed E-state index contributed by atoms with van der Waals surface area (Å²) in [5.74, 6) is 0.503. The molecule has 1 atom stereocenters. The molecule has 2 heteroatoms. The van der Waals surface area contributed by atoms with Crippen molar-refractivity contribution in [3.8, 4) is 0 Å². The summed E-state index contributed by atoms with van der Waals surface area (Å²) in [6.07, 6.45) is 2.18. The van der Waals surface area contributed by atoms with Gasteiger partial charge in [-0.15, -0.1) is 10.3 Å². The molecule has 0 bridgehead atoms. The fourth-order valence-corrected chi connectivity index (χ4v) is 2.00. The van der Waals surface area contributed by atoms with Gasteiger partial charge in [0.05, 0.1) is 0 Å². The number of hydrogen-bond donors (Lipinski definition) is 0. The van der Waals surface area contributed by atoms with Gasteiger partial charge >= 0.3 is 0 Å². The highest BCUT2D eigenvalue weighted by Crippen LogP contribution is 2.40. The Morgan fingerprint density at radius 3 is 2.17 bits per heavy atom. The van der Waals surface area contributed by atoms with Crippen LogP contribution >= 0.6 is 0 Å². The molecule has 0 saturated carbocycles. The first-order valence-corrected chi connectivity index (χ1v) is 4.76. The van der Waals surface area contributed by atoms with Gasteiger partial charge in [-0.1, -0.05) is 6.92 Å². The molecule has 0 amide bonds. The summed E-state index contributed by atoms with van der Waals surface area (Å²) < 4.78 is 0. The summed E-state index contributed by atoms with van der Waals surface area (Å²) in [5.41, 5.74) is -0.363. The molecule has 1 heterocycles. The van der Waals surface area contributed by atoms with Gasteiger partial charge in [-0.05, 0) is 46.5 Å². The number of piperidine rings is 1. The van der Waals surface area contributed by atoms with Crippen LogP contribution in [0.4, 0.5) is 0 Å². The molecule has 1 unspecified atom stereocenters. The molecule has 0 N–H and O–H groups in total. The van der Waals surface area contributed by atoms with E-state index in [4.69, 9.17) is 0 Å². The highest BCUT2D eigenvalue weighted by molar-refractivity contribution is 4.95. The minimum Gasteiger partial charge on any atom is -0.144 e. The maximum atomic E-state index is 11.9. The molecular weight excluding hydrogens is 150 g/mol. The summed E-state index contributed by atoms with van der Waals surface area (Å²) in [4.78, 5) is 0. The summed E-state index contributed by atoms with van der Waals surface area (Å²) in [6, 6.07) is 0. The second-order valence-electron chi connectivity index (χ2n) is 5.20. The molecule has 1 rings (SSSR count). The molecule has 1 fully saturated rings. The quantitative estimate of drug-likeness (QED) is 0.548. The van der Waals surface area contributed by atoms with Gasteiger partial charge in [0.1, 0.15) is 0 Å². The third-order valence-corrected chi connectivity index (χ3v) is 3.47. The SMILES string of the molecule is CC1CCC(C)(C)N([O])C1(C)C. The third kappa shape index (κ3) is 1.38. The molecule has 1 aliphatic rings. The van der Waals surface area contributed by atoms with Gasteiger partial charge in [0.2, 0.25) is 0 Å². The van der Waals surface area contributed by atoms with E-state index in [-0.39, 0.29) is 11.1 Å². The zero-order valence-corrected chi connectivity index (χ0v) is 8.85. The molecule has 12 heavy (non-hydrogen) atoms. The van der Waals surface area contributed by atoms with Crippen molar-refractivity contribution in [3.05, 3.63) is 0 Å². The Bertz CT molecular complexity index is 175. The predicted octanol–water partition coefficient (Wildman–Crippen LogP) is 2.62. The number of hydroxylamine groups is 2. The second kappa shape index (κ2) is 2.71. The zero-order chi connectivity index (χ0) is 9.57. The van der Waals surface area contributed by atoms with Gasteiger partial charge in [-0.3, -0.25) is 0 Å². The van der Waals surface area contributed by atoms with E-state index in [2.05, 4.69) is 6.92 Å². The number of hydrogen-bond acceptors (Lipinski definition) is 1. The Labute approximate surface area is 75.5 Å². The molecule has 0 aromatic rings. The smallest absolute Gasteiger partial charge is 0.0469 e. The average molecular weight is 170 g/mol. The van der Waals surface area contributed by atoms with Crippen molar-refractivity contribution in [1.29, 1.82) is 0 Å². The lowest BCUT2D eigenvalue weighted by atomic mass is 9.75. The maximum absolute atomic E-state index is 11.9. The highest BCUT2D eigenvalue weighted by atomic mass is 16.5. The van der Waals surface area contributed by atoms with Gasteiger partial charge in [-0.2, -0.15) is 0 Å². The fourth-order valence-electron chi connectivity index (χ4n) is 2.00. The van der Waals surface area contributed by atoms with E-state index in [0.717, 1.165) is 6.42 Å². The van der Waals surface area contributed by atoms with Crippen molar-refractivity contribution >= 4 is 0 Å². The van der Waals surface area contributed by atoms with Crippen LogP contribution in [0.15, 0.2) is 0 Å². The first kappa shape index (κ1) is 10.0. The van der Waals surface area contributed by atoms with Crippen molar-refractivity contribution in [3.63, 3.8) is 0 Å². The van der Waals surface area contributed by atoms with E-state index < -0.39 is 0 Å². The van der Waals surface area contributed by atoms with E-state index in [1.165, 1.54) is 11.5 Å². The van der Waals surface area contributed by atoms with E-state index in [1.54, 1.807) is 0 Å². The lowest BCUT2D eigenvalue weighted by Gasteiger charge is -2.50. The van der Waals surface area contributed by atoms with Crippen LogP contribution in [0, 0.1) is 5.92 Å². The average Bonchev–Trinajstić information content (AvgIpc) is 1.96. The van der Waals surface area contributed by atoms with Crippen molar-refractivity contribution < 1.29 is 5.21 Å². The topological polar surface area (TPSA) is 23.1 Å². The zero-order valence-electron chi connectivity index (χ0n) is 8.85. The molecule has 1 saturated heterocycles. The van der Waals surface area contributed by atoms with Crippen LogP contribution < -0.4 is 0 Å². The molecule has 71 valence electrons. The van der Waals surface area contributed by atoms with Gasteiger partial charge in [0.25, 0.3) is 0 Å². The monoisotopic (exact) mass is 170 g/mol. The van der Waals surface area contributed by atoms with E-state index in [9.17, 15) is 5.21 Å². The van der Waals surface area contributed by atoms with Crippen LogP contribution in [0.2, 0.25) is 0 Å². The highest BCUT2D eigenvalue weighted by Gasteiger charge is 2.45. The van der Waals surface area contributed by atoms with Crippen LogP contribution in [0.3, 0.4) is 0 Å². The van der Waals surface area contributed by atoms with Crippen molar-refractivity contribution in [2.75, 3.05) is 0 Å². The summed E-state index contributed by atoms with van der Waals surface area (Å²) in [6.45, 7) is 10.3. The van der Waals surface area contributed by atoms with Crippen LogP contribution in [-0.4, -0.2) is 16.1 Å². The van der Waals surface area contributed by atoms with E-state index in [0.29, 0.717) is 5.92 Å². The molecule has 1 radical (unpaired) electrons. The molecular formula is C10H20NO. The van der Waals surface area contributed by atoms with Gasteiger partial charge < -0.3 is 0 Å². The van der Waals surface area contributed by atoms with Crippen molar-refractivity contribution in [2.24, 2.45) is 5.92 Å². The van der Waals surface area contributed by atoms with Crippen LogP contribution in [0.25, 0.3) is 0 Å². The minimum absolute atomic E-state index is 0.171. The first-order valence-electron chi connectivity index (χ1n) is 4.76. The standard InChI is InChI=1S/C10H20NO/c1-8-6-7-9(2,3)11(12)10(8,4)5/h8H,6-7H2,1-5H3. The molecule has 0 aliphatic carbocycles. The van der Waals surface area contributed by atoms with Gasteiger partial charge in [-0.25, -0.2) is 0 Å². The largest absolute Gasteiger partial charge is 0.144 e. The molecule has 1 aliphatic heterocycles. The summed E-state index contributed by atoms with van der Waals surface area (Å²) in [5, 5.41) is 13.2. The van der Waals surface area contributed by atoms with Crippen LogP contribution in [0.5, 0.6) is 0 Å². The molecule has 0 spiro atoms. The lowest BCUT2D eigenvalue weighted by Crippen LogP contribution is -2.59. The number of nitrogens with zero attached hydrogens (tertiary/aromatic N) is 1.